The molecule has 3 saturated carbocycles. The van der Waals surface area contributed by atoms with E-state index in [0.717, 1.165) is 36.5 Å². The highest BCUT2D eigenvalue weighted by Crippen LogP contribution is 2.73. The standard InChI is InChI=1S/C29H54O2/c1-20(2)10-8-11-21(3)23-14-17-29(7)26-13-12-24(22(4)31)27(5,16-9-19-30)25(26)15-18-28(23,29)6/h20-26,30-31H,8-19H2,1-7H3. The topological polar surface area (TPSA) is 40.5 Å². The molecule has 0 radical (unpaired) electrons. The van der Waals surface area contributed by atoms with Crippen LogP contribution in [-0.4, -0.2) is 22.9 Å². The lowest BCUT2D eigenvalue weighted by Crippen LogP contribution is -2.58. The second kappa shape index (κ2) is 9.65. The summed E-state index contributed by atoms with van der Waals surface area (Å²) in [6.07, 6.45) is 13.9. The molecule has 0 aromatic heterocycles. The molecule has 0 amide bonds. The number of fused-ring (bicyclic) bond motifs is 3. The Morgan fingerprint density at radius 1 is 0.774 bits per heavy atom. The van der Waals surface area contributed by atoms with E-state index in [2.05, 4.69) is 41.5 Å². The molecule has 2 N–H and O–H groups in total. The van der Waals surface area contributed by atoms with E-state index in [1.807, 2.05) is 6.92 Å². The Balaban J connectivity index is 1.82. The second-order valence-electron chi connectivity index (χ2n) is 13.3. The number of hydrogen-bond donors (Lipinski definition) is 2. The minimum Gasteiger partial charge on any atom is -0.396 e. The molecule has 0 aromatic carbocycles. The van der Waals surface area contributed by atoms with Crippen LogP contribution in [0.25, 0.3) is 0 Å². The highest BCUT2D eigenvalue weighted by Gasteiger charge is 2.65. The van der Waals surface area contributed by atoms with Crippen molar-refractivity contribution in [1.29, 1.82) is 0 Å². The zero-order valence-electron chi connectivity index (χ0n) is 21.9. The van der Waals surface area contributed by atoms with Gasteiger partial charge in [-0.1, -0.05) is 60.8 Å². The van der Waals surface area contributed by atoms with Crippen molar-refractivity contribution in [2.45, 2.75) is 125 Å². The van der Waals surface area contributed by atoms with Crippen molar-refractivity contribution in [3.63, 3.8) is 0 Å². The molecule has 0 saturated heterocycles. The quantitative estimate of drug-likeness (QED) is 0.395. The molecule has 0 spiro atoms. The van der Waals surface area contributed by atoms with E-state index in [4.69, 9.17) is 0 Å². The molecule has 9 atom stereocenters. The molecule has 3 aliphatic carbocycles. The van der Waals surface area contributed by atoms with E-state index in [0.29, 0.717) is 22.7 Å². The van der Waals surface area contributed by atoms with E-state index in [1.165, 1.54) is 57.8 Å². The summed E-state index contributed by atoms with van der Waals surface area (Å²) in [6.45, 7) is 17.4. The van der Waals surface area contributed by atoms with Gasteiger partial charge in [-0.05, 0) is 110 Å². The maximum Gasteiger partial charge on any atom is 0.0545 e. The molecule has 2 heteroatoms. The van der Waals surface area contributed by atoms with Crippen molar-refractivity contribution in [1.82, 2.24) is 0 Å². The zero-order chi connectivity index (χ0) is 23.0. The summed E-state index contributed by atoms with van der Waals surface area (Å²) in [7, 11) is 0. The van der Waals surface area contributed by atoms with Gasteiger partial charge in [0, 0.05) is 6.61 Å². The summed E-state index contributed by atoms with van der Waals surface area (Å²) in [6, 6.07) is 0. The molecule has 3 rings (SSSR count). The average molecular weight is 435 g/mol. The van der Waals surface area contributed by atoms with Gasteiger partial charge in [0.25, 0.3) is 0 Å². The molecule has 31 heavy (non-hydrogen) atoms. The fourth-order valence-electron chi connectivity index (χ4n) is 9.52. The van der Waals surface area contributed by atoms with Gasteiger partial charge in [-0.3, -0.25) is 0 Å². The third-order valence-electron chi connectivity index (χ3n) is 11.4. The van der Waals surface area contributed by atoms with Crippen molar-refractivity contribution in [3.05, 3.63) is 0 Å². The first-order chi connectivity index (χ1) is 14.5. The van der Waals surface area contributed by atoms with Crippen LogP contribution >= 0.6 is 0 Å². The molecule has 3 aliphatic rings. The van der Waals surface area contributed by atoms with Crippen molar-refractivity contribution < 1.29 is 10.2 Å². The molecule has 182 valence electrons. The van der Waals surface area contributed by atoms with Gasteiger partial charge in [-0.15, -0.1) is 0 Å². The number of aliphatic hydroxyl groups is 2. The summed E-state index contributed by atoms with van der Waals surface area (Å²) in [5.41, 5.74) is 1.09. The minimum absolute atomic E-state index is 0.172. The van der Waals surface area contributed by atoms with Gasteiger partial charge in [0.2, 0.25) is 0 Å². The number of rotatable bonds is 9. The summed E-state index contributed by atoms with van der Waals surface area (Å²) in [5, 5.41) is 20.3. The summed E-state index contributed by atoms with van der Waals surface area (Å²) in [5.74, 6) is 4.44. The fourth-order valence-corrected chi connectivity index (χ4v) is 9.52. The highest BCUT2D eigenvalue weighted by molar-refractivity contribution is 5.14. The largest absolute Gasteiger partial charge is 0.396 e. The Morgan fingerprint density at radius 2 is 1.45 bits per heavy atom. The fraction of sp³-hybridized carbons (Fsp3) is 1.00. The predicted octanol–water partition coefficient (Wildman–Crippen LogP) is 7.47. The molecule has 0 bridgehead atoms. The van der Waals surface area contributed by atoms with Crippen LogP contribution in [0.3, 0.4) is 0 Å². The van der Waals surface area contributed by atoms with Crippen molar-refractivity contribution in [2.75, 3.05) is 6.61 Å². The predicted molar refractivity (Wildman–Crippen MR) is 132 cm³/mol. The molecule has 9 unspecified atom stereocenters. The first-order valence-electron chi connectivity index (χ1n) is 13.8. The Bertz CT molecular complexity index is 585. The lowest BCUT2D eigenvalue weighted by Gasteiger charge is -2.64. The van der Waals surface area contributed by atoms with E-state index >= 15 is 0 Å². The van der Waals surface area contributed by atoms with E-state index in [1.54, 1.807) is 0 Å². The van der Waals surface area contributed by atoms with Gasteiger partial charge in [0.15, 0.2) is 0 Å². The molecule has 2 nitrogen and oxygen atoms in total. The Kier molecular flexibility index (Phi) is 7.95. The van der Waals surface area contributed by atoms with Crippen LogP contribution in [0.1, 0.15) is 119 Å². The Labute approximate surface area is 194 Å². The maximum absolute atomic E-state index is 10.7. The SMILES string of the molecule is CC(C)CCCC(C)C1CCC2(C)C3CCC(C(C)O)C(C)(CCCO)C3CCC12C. The molecule has 3 fully saturated rings. The monoisotopic (exact) mass is 434 g/mol. The van der Waals surface area contributed by atoms with Crippen LogP contribution < -0.4 is 0 Å². The average Bonchev–Trinajstić information content (AvgIpc) is 2.97. The van der Waals surface area contributed by atoms with Crippen molar-refractivity contribution >= 4 is 0 Å². The van der Waals surface area contributed by atoms with Gasteiger partial charge in [-0.2, -0.15) is 0 Å². The second-order valence-corrected chi connectivity index (χ2v) is 13.3. The first kappa shape index (κ1) is 25.5. The third kappa shape index (κ3) is 4.39. The van der Waals surface area contributed by atoms with Crippen LogP contribution in [0, 0.1) is 51.8 Å². The van der Waals surface area contributed by atoms with Crippen LogP contribution in [0.5, 0.6) is 0 Å². The first-order valence-corrected chi connectivity index (χ1v) is 13.8. The van der Waals surface area contributed by atoms with Gasteiger partial charge in [0.05, 0.1) is 6.10 Å². The summed E-state index contributed by atoms with van der Waals surface area (Å²) >= 11 is 0. The number of aliphatic hydroxyl groups excluding tert-OH is 2. The van der Waals surface area contributed by atoms with Crippen LogP contribution in [-0.2, 0) is 0 Å². The van der Waals surface area contributed by atoms with Gasteiger partial charge in [-0.25, -0.2) is 0 Å². The lowest BCUT2D eigenvalue weighted by atomic mass is 9.41. The highest BCUT2D eigenvalue weighted by atomic mass is 16.3. The molecule has 0 heterocycles. The van der Waals surface area contributed by atoms with Crippen molar-refractivity contribution in [3.8, 4) is 0 Å². The van der Waals surface area contributed by atoms with Crippen LogP contribution in [0.15, 0.2) is 0 Å². The smallest absolute Gasteiger partial charge is 0.0545 e. The van der Waals surface area contributed by atoms with Gasteiger partial charge < -0.3 is 10.2 Å². The molecule has 0 aliphatic heterocycles. The number of hydrogen-bond acceptors (Lipinski definition) is 2. The van der Waals surface area contributed by atoms with E-state index in [9.17, 15) is 10.2 Å². The van der Waals surface area contributed by atoms with Gasteiger partial charge in [0.1, 0.15) is 0 Å². The van der Waals surface area contributed by atoms with E-state index < -0.39 is 0 Å². The Hall–Kier alpha value is -0.0800. The third-order valence-corrected chi connectivity index (χ3v) is 11.4. The molecular formula is C29H54O2. The van der Waals surface area contributed by atoms with Crippen molar-refractivity contribution in [2.24, 2.45) is 51.8 Å². The Morgan fingerprint density at radius 3 is 2.06 bits per heavy atom. The van der Waals surface area contributed by atoms with E-state index in [-0.39, 0.29) is 18.1 Å². The molecule has 0 aromatic rings. The summed E-state index contributed by atoms with van der Waals surface area (Å²) in [4.78, 5) is 0. The van der Waals surface area contributed by atoms with Gasteiger partial charge >= 0.3 is 0 Å². The normalized spacial score (nSPS) is 44.7. The summed E-state index contributed by atoms with van der Waals surface area (Å²) < 4.78 is 0. The minimum atomic E-state index is -0.233. The molecular weight excluding hydrogens is 380 g/mol. The van der Waals surface area contributed by atoms with Crippen LogP contribution in [0.2, 0.25) is 0 Å². The van der Waals surface area contributed by atoms with Crippen LogP contribution in [0.4, 0.5) is 0 Å². The zero-order valence-corrected chi connectivity index (χ0v) is 21.9. The maximum atomic E-state index is 10.7. The lowest BCUT2D eigenvalue weighted by molar-refractivity contribution is -0.165.